The molecular weight excluding hydrogens is 208 g/mol. The number of hydrogen-bond donors (Lipinski definition) is 1. The van der Waals surface area contributed by atoms with E-state index in [9.17, 15) is 9.59 Å². The van der Waals surface area contributed by atoms with Crippen LogP contribution in [0.3, 0.4) is 0 Å². The summed E-state index contributed by atoms with van der Waals surface area (Å²) in [4.78, 5) is 29.9. The van der Waals surface area contributed by atoms with Gasteiger partial charge in [0.2, 0.25) is 5.65 Å². The normalized spacial score (nSPS) is 11.0. The van der Waals surface area contributed by atoms with E-state index in [0.29, 0.717) is 10.9 Å². The van der Waals surface area contributed by atoms with Gasteiger partial charge in [-0.3, -0.25) is 9.59 Å². The fourth-order valence-corrected chi connectivity index (χ4v) is 1.59. The van der Waals surface area contributed by atoms with Crippen molar-refractivity contribution in [2.45, 2.75) is 0 Å². The Hall–Kier alpha value is -2.50. The van der Waals surface area contributed by atoms with Crippen LogP contribution >= 0.6 is 0 Å². The largest absolute Gasteiger partial charge is 0.308 e. The predicted molar refractivity (Wildman–Crippen MR) is 57.4 cm³/mol. The maximum atomic E-state index is 11.9. The minimum absolute atomic E-state index is 0.00574. The third-order valence-electron chi connectivity index (χ3n) is 2.33. The van der Waals surface area contributed by atoms with Crippen molar-refractivity contribution in [3.05, 3.63) is 51.3 Å². The number of nitrogens with one attached hydrogen (secondary N) is 1. The van der Waals surface area contributed by atoms with Gasteiger partial charge in [0.25, 0.3) is 11.1 Å². The molecule has 0 fully saturated rings. The average Bonchev–Trinajstić information content (AvgIpc) is 2.31. The number of hydrogen-bond acceptors (Lipinski definition) is 4. The first-order valence-electron chi connectivity index (χ1n) is 4.63. The molecule has 1 N–H and O–H groups in total. The van der Waals surface area contributed by atoms with Gasteiger partial charge in [0.15, 0.2) is 0 Å². The van der Waals surface area contributed by atoms with Crippen molar-refractivity contribution in [2.24, 2.45) is 0 Å². The molecule has 0 aliphatic rings. The summed E-state index contributed by atoms with van der Waals surface area (Å²) in [6.45, 7) is 0. The Morgan fingerprint density at radius 1 is 1.19 bits per heavy atom. The number of para-hydroxylation sites is 1. The molecule has 0 unspecified atom stereocenters. The summed E-state index contributed by atoms with van der Waals surface area (Å²) in [5.41, 5.74) is -0.276. The maximum Gasteiger partial charge on any atom is 0.294 e. The summed E-state index contributed by atoms with van der Waals surface area (Å²) in [5, 5.41) is 4.22. The lowest BCUT2D eigenvalue weighted by molar-refractivity contribution is 0.838. The van der Waals surface area contributed by atoms with Crippen LogP contribution in [-0.2, 0) is 0 Å². The second kappa shape index (κ2) is 2.99. The SMILES string of the molecule is O=c1[nH]cnn2c(=O)c3ccccc3nc12. The first-order valence-corrected chi connectivity index (χ1v) is 4.63. The third-order valence-corrected chi connectivity index (χ3v) is 2.33. The molecule has 0 radical (unpaired) electrons. The van der Waals surface area contributed by atoms with Gasteiger partial charge < -0.3 is 4.98 Å². The second-order valence-corrected chi connectivity index (χ2v) is 3.29. The van der Waals surface area contributed by atoms with Crippen LogP contribution in [0.5, 0.6) is 0 Å². The smallest absolute Gasteiger partial charge is 0.294 e. The fourth-order valence-electron chi connectivity index (χ4n) is 1.59. The number of nitrogens with zero attached hydrogens (tertiary/aromatic N) is 3. The lowest BCUT2D eigenvalue weighted by Crippen LogP contribution is -2.24. The number of H-pyrrole nitrogens is 1. The molecule has 6 nitrogen and oxygen atoms in total. The molecule has 0 saturated carbocycles. The number of rotatable bonds is 0. The van der Waals surface area contributed by atoms with Crippen LogP contribution in [0, 0.1) is 0 Å². The van der Waals surface area contributed by atoms with E-state index in [-0.39, 0.29) is 11.2 Å². The summed E-state index contributed by atoms with van der Waals surface area (Å²) in [6.07, 6.45) is 1.17. The van der Waals surface area contributed by atoms with Gasteiger partial charge in [0.05, 0.1) is 10.9 Å². The van der Waals surface area contributed by atoms with Crippen molar-refractivity contribution >= 4 is 16.6 Å². The van der Waals surface area contributed by atoms with Gasteiger partial charge in [0.1, 0.15) is 6.33 Å². The Bertz CT molecular complexity index is 803. The molecule has 3 rings (SSSR count). The van der Waals surface area contributed by atoms with Crippen LogP contribution in [0.1, 0.15) is 0 Å². The van der Waals surface area contributed by atoms with Crippen molar-refractivity contribution in [3.63, 3.8) is 0 Å². The predicted octanol–water partition coefficient (Wildman–Crippen LogP) is -0.0690. The fraction of sp³-hybridized carbons (Fsp3) is 0. The highest BCUT2D eigenvalue weighted by Crippen LogP contribution is 2.05. The van der Waals surface area contributed by atoms with Gasteiger partial charge >= 0.3 is 0 Å². The van der Waals surface area contributed by atoms with Crippen molar-refractivity contribution in [3.8, 4) is 0 Å². The van der Waals surface area contributed by atoms with Crippen molar-refractivity contribution < 1.29 is 0 Å². The zero-order chi connectivity index (χ0) is 11.1. The number of aromatic amines is 1. The first kappa shape index (κ1) is 8.78. The Balaban J connectivity index is 2.72. The van der Waals surface area contributed by atoms with Crippen molar-refractivity contribution in [1.29, 1.82) is 0 Å². The van der Waals surface area contributed by atoms with E-state index in [1.54, 1.807) is 24.3 Å². The van der Waals surface area contributed by atoms with Crippen LogP contribution in [0.15, 0.2) is 40.2 Å². The van der Waals surface area contributed by atoms with E-state index in [0.717, 1.165) is 4.52 Å². The van der Waals surface area contributed by atoms with E-state index >= 15 is 0 Å². The topological polar surface area (TPSA) is 80.1 Å². The molecule has 0 saturated heterocycles. The van der Waals surface area contributed by atoms with Crippen LogP contribution in [-0.4, -0.2) is 19.6 Å². The number of fused-ring (bicyclic) bond motifs is 2. The highest BCUT2D eigenvalue weighted by molar-refractivity contribution is 5.79. The highest BCUT2D eigenvalue weighted by Gasteiger charge is 2.07. The Morgan fingerprint density at radius 3 is 2.88 bits per heavy atom. The highest BCUT2D eigenvalue weighted by atomic mass is 16.1. The van der Waals surface area contributed by atoms with Crippen LogP contribution in [0.4, 0.5) is 0 Å². The molecule has 0 aliphatic carbocycles. The summed E-state index contributed by atoms with van der Waals surface area (Å²) >= 11 is 0. The molecule has 0 spiro atoms. The van der Waals surface area contributed by atoms with E-state index in [4.69, 9.17) is 0 Å². The van der Waals surface area contributed by atoms with E-state index in [2.05, 4.69) is 15.1 Å². The van der Waals surface area contributed by atoms with Crippen molar-refractivity contribution in [2.75, 3.05) is 0 Å². The van der Waals surface area contributed by atoms with E-state index < -0.39 is 5.56 Å². The Labute approximate surface area is 88.2 Å². The van der Waals surface area contributed by atoms with Gasteiger partial charge in [-0.15, -0.1) is 0 Å². The molecular formula is C10H6N4O2. The van der Waals surface area contributed by atoms with Gasteiger partial charge in [-0.25, -0.2) is 4.98 Å². The zero-order valence-electron chi connectivity index (χ0n) is 8.04. The molecule has 3 aromatic rings. The van der Waals surface area contributed by atoms with Gasteiger partial charge in [-0.05, 0) is 12.1 Å². The lowest BCUT2D eigenvalue weighted by atomic mass is 10.2. The summed E-state index contributed by atoms with van der Waals surface area (Å²) in [6, 6.07) is 6.84. The molecule has 16 heavy (non-hydrogen) atoms. The quantitative estimate of drug-likeness (QED) is 0.531. The van der Waals surface area contributed by atoms with Crippen LogP contribution in [0.25, 0.3) is 16.6 Å². The molecule has 2 aromatic heterocycles. The molecule has 0 amide bonds. The third kappa shape index (κ3) is 1.07. The van der Waals surface area contributed by atoms with Crippen molar-refractivity contribution in [1.82, 2.24) is 19.6 Å². The second-order valence-electron chi connectivity index (χ2n) is 3.29. The van der Waals surface area contributed by atoms with E-state index in [1.165, 1.54) is 6.33 Å². The lowest BCUT2D eigenvalue weighted by Gasteiger charge is -1.99. The van der Waals surface area contributed by atoms with E-state index in [1.807, 2.05) is 0 Å². The monoisotopic (exact) mass is 214 g/mol. The average molecular weight is 214 g/mol. The van der Waals surface area contributed by atoms with Gasteiger partial charge in [0, 0.05) is 0 Å². The summed E-state index contributed by atoms with van der Waals surface area (Å²) in [7, 11) is 0. The summed E-state index contributed by atoms with van der Waals surface area (Å²) < 4.78 is 1.00. The molecule has 78 valence electrons. The maximum absolute atomic E-state index is 11.9. The van der Waals surface area contributed by atoms with Gasteiger partial charge in [-0.2, -0.15) is 9.61 Å². The Kier molecular flexibility index (Phi) is 1.64. The molecule has 0 aliphatic heterocycles. The molecule has 6 heteroatoms. The van der Waals surface area contributed by atoms with Gasteiger partial charge in [-0.1, -0.05) is 12.1 Å². The number of aromatic nitrogens is 4. The number of benzene rings is 1. The minimum Gasteiger partial charge on any atom is -0.308 e. The van der Waals surface area contributed by atoms with Crippen LogP contribution < -0.4 is 11.1 Å². The Morgan fingerprint density at radius 2 is 2.00 bits per heavy atom. The molecule has 2 heterocycles. The molecule has 1 aromatic carbocycles. The van der Waals surface area contributed by atoms with Crippen LogP contribution in [0.2, 0.25) is 0 Å². The molecule has 0 atom stereocenters. The zero-order valence-corrected chi connectivity index (χ0v) is 8.04. The first-order chi connectivity index (χ1) is 7.77. The standard InChI is InChI=1S/C10H6N4O2/c15-9-8-13-7-4-2-1-3-6(7)10(16)14(8)12-5-11-9/h1-5H,(H,11,12,15). The minimum atomic E-state index is -0.433. The summed E-state index contributed by atoms with van der Waals surface area (Å²) in [5.74, 6) is 0. The molecule has 0 bridgehead atoms.